The number of amides is 1. The molecule has 3 atom stereocenters. The fourth-order valence-electron chi connectivity index (χ4n) is 3.52. The lowest BCUT2D eigenvalue weighted by atomic mass is 9.98. The van der Waals surface area contributed by atoms with E-state index >= 15 is 0 Å². The number of aliphatic hydroxyl groups is 1. The molecule has 1 N–H and O–H groups in total. The smallest absolute Gasteiger partial charge is 0.254 e. The molecular weight excluding hydrogens is 334 g/mol. The van der Waals surface area contributed by atoms with Crippen LogP contribution in [0.25, 0.3) is 0 Å². The van der Waals surface area contributed by atoms with Gasteiger partial charge >= 0.3 is 0 Å². The molecule has 2 aliphatic rings. The summed E-state index contributed by atoms with van der Waals surface area (Å²) in [7, 11) is 2.07. The molecule has 144 valence electrons. The Balaban J connectivity index is 1.47. The van der Waals surface area contributed by atoms with E-state index in [0.717, 1.165) is 25.9 Å². The van der Waals surface area contributed by atoms with Gasteiger partial charge in [-0.3, -0.25) is 9.78 Å². The summed E-state index contributed by atoms with van der Waals surface area (Å²) < 4.78 is 11.3. The van der Waals surface area contributed by atoms with Crippen LogP contribution < -0.4 is 0 Å². The van der Waals surface area contributed by atoms with Crippen molar-refractivity contribution in [1.82, 2.24) is 14.8 Å². The Kier molecular flexibility index (Phi) is 6.96. The molecule has 1 aromatic rings. The summed E-state index contributed by atoms with van der Waals surface area (Å²) in [5.41, 5.74) is 1.18. The predicted molar refractivity (Wildman–Crippen MR) is 96.5 cm³/mol. The van der Waals surface area contributed by atoms with Crippen molar-refractivity contribution in [2.45, 2.75) is 44.1 Å². The first-order valence-electron chi connectivity index (χ1n) is 9.41. The average Bonchev–Trinajstić information content (AvgIpc) is 2.68. The van der Waals surface area contributed by atoms with Crippen molar-refractivity contribution in [3.8, 4) is 0 Å². The molecule has 3 heterocycles. The van der Waals surface area contributed by atoms with Crippen LogP contribution in [0.3, 0.4) is 0 Å². The van der Waals surface area contributed by atoms with Gasteiger partial charge in [-0.1, -0.05) is 6.07 Å². The summed E-state index contributed by atoms with van der Waals surface area (Å²) in [5, 5.41) is 10.2. The molecule has 0 radical (unpaired) electrons. The highest BCUT2D eigenvalue weighted by atomic mass is 16.5. The minimum absolute atomic E-state index is 0.00439. The number of nitrogens with zero attached hydrogens (tertiary/aromatic N) is 3. The standard InChI is InChI=1S/C19H29N3O4/c1-21(14-15-3-2-7-20-13-15)8-6-16-4-5-17(23)18(26-16)19(24)22-9-11-25-12-10-22/h2-3,7,13,16-18,23H,4-6,8-12,14H2,1H3. The zero-order valence-corrected chi connectivity index (χ0v) is 15.4. The number of aromatic nitrogens is 1. The maximum atomic E-state index is 12.7. The number of hydrogen-bond acceptors (Lipinski definition) is 6. The van der Waals surface area contributed by atoms with E-state index in [1.807, 2.05) is 12.3 Å². The molecule has 26 heavy (non-hydrogen) atoms. The van der Waals surface area contributed by atoms with Gasteiger partial charge in [0.15, 0.2) is 6.10 Å². The van der Waals surface area contributed by atoms with Gasteiger partial charge in [-0.25, -0.2) is 0 Å². The van der Waals surface area contributed by atoms with Crippen LogP contribution in [0, 0.1) is 0 Å². The van der Waals surface area contributed by atoms with Gasteiger partial charge < -0.3 is 24.4 Å². The van der Waals surface area contributed by atoms with E-state index in [1.54, 1.807) is 11.1 Å². The SMILES string of the molecule is CN(CCC1CCC(O)C(C(=O)N2CCOCC2)O1)Cc1cccnc1. The minimum Gasteiger partial charge on any atom is -0.390 e. The molecule has 1 amide bonds. The molecule has 2 aliphatic heterocycles. The molecule has 0 aromatic carbocycles. The molecule has 2 fully saturated rings. The van der Waals surface area contributed by atoms with Crippen LogP contribution in [0.2, 0.25) is 0 Å². The second kappa shape index (κ2) is 9.41. The molecule has 7 heteroatoms. The predicted octanol–water partition coefficient (Wildman–Crippen LogP) is 0.671. The number of aliphatic hydroxyl groups excluding tert-OH is 1. The molecule has 3 unspecified atom stereocenters. The van der Waals surface area contributed by atoms with Gasteiger partial charge in [-0.05, 0) is 37.9 Å². The van der Waals surface area contributed by atoms with Crippen LogP contribution in [0.15, 0.2) is 24.5 Å². The van der Waals surface area contributed by atoms with Crippen LogP contribution in [0.4, 0.5) is 0 Å². The number of ether oxygens (including phenoxy) is 2. The Morgan fingerprint density at radius 1 is 1.38 bits per heavy atom. The fourth-order valence-corrected chi connectivity index (χ4v) is 3.52. The molecule has 0 aliphatic carbocycles. The molecule has 1 aromatic heterocycles. The maximum absolute atomic E-state index is 12.7. The Labute approximate surface area is 154 Å². The van der Waals surface area contributed by atoms with E-state index in [9.17, 15) is 9.90 Å². The van der Waals surface area contributed by atoms with Gasteiger partial charge in [-0.15, -0.1) is 0 Å². The summed E-state index contributed by atoms with van der Waals surface area (Å²) in [6, 6.07) is 4.00. The number of pyridine rings is 1. The monoisotopic (exact) mass is 363 g/mol. The zero-order chi connectivity index (χ0) is 18.4. The highest BCUT2D eigenvalue weighted by Crippen LogP contribution is 2.24. The Hall–Kier alpha value is -1.54. The number of carbonyl (C=O) groups is 1. The molecule has 0 saturated carbocycles. The van der Waals surface area contributed by atoms with Crippen LogP contribution >= 0.6 is 0 Å². The quantitative estimate of drug-likeness (QED) is 0.801. The summed E-state index contributed by atoms with van der Waals surface area (Å²) in [6.45, 7) is 3.95. The molecule has 3 rings (SSSR count). The lowest BCUT2D eigenvalue weighted by Gasteiger charge is -2.37. The van der Waals surface area contributed by atoms with Crippen molar-refractivity contribution in [3.05, 3.63) is 30.1 Å². The fraction of sp³-hybridized carbons (Fsp3) is 0.684. The van der Waals surface area contributed by atoms with Crippen molar-refractivity contribution in [2.24, 2.45) is 0 Å². The van der Waals surface area contributed by atoms with E-state index in [0.29, 0.717) is 32.7 Å². The third-order valence-corrected chi connectivity index (χ3v) is 5.05. The Morgan fingerprint density at radius 3 is 2.92 bits per heavy atom. The molecule has 2 saturated heterocycles. The number of hydrogen-bond donors (Lipinski definition) is 1. The van der Waals surface area contributed by atoms with Crippen LogP contribution in [-0.2, 0) is 20.8 Å². The van der Waals surface area contributed by atoms with Gasteiger partial charge in [0, 0.05) is 38.6 Å². The van der Waals surface area contributed by atoms with Gasteiger partial charge in [0.05, 0.1) is 25.4 Å². The van der Waals surface area contributed by atoms with E-state index in [2.05, 4.69) is 23.0 Å². The van der Waals surface area contributed by atoms with Gasteiger partial charge in [0.1, 0.15) is 0 Å². The number of morpholine rings is 1. The van der Waals surface area contributed by atoms with E-state index < -0.39 is 12.2 Å². The minimum atomic E-state index is -0.740. The second-order valence-electron chi connectivity index (χ2n) is 7.15. The first kappa shape index (κ1) is 19.2. The van der Waals surface area contributed by atoms with E-state index in [1.165, 1.54) is 5.56 Å². The Bertz CT molecular complexity index is 565. The largest absolute Gasteiger partial charge is 0.390 e. The number of rotatable bonds is 6. The zero-order valence-electron chi connectivity index (χ0n) is 15.4. The van der Waals surface area contributed by atoms with Crippen LogP contribution in [-0.4, -0.2) is 84.0 Å². The lowest BCUT2D eigenvalue weighted by Crippen LogP contribution is -2.53. The van der Waals surface area contributed by atoms with Gasteiger partial charge in [0.25, 0.3) is 5.91 Å². The first-order chi connectivity index (χ1) is 12.6. The third-order valence-electron chi connectivity index (χ3n) is 5.05. The average molecular weight is 363 g/mol. The first-order valence-corrected chi connectivity index (χ1v) is 9.41. The van der Waals surface area contributed by atoms with Gasteiger partial charge in [0.2, 0.25) is 0 Å². The lowest BCUT2D eigenvalue weighted by molar-refractivity contribution is -0.171. The van der Waals surface area contributed by atoms with Crippen molar-refractivity contribution in [2.75, 3.05) is 39.9 Å². The number of carbonyl (C=O) groups excluding carboxylic acids is 1. The van der Waals surface area contributed by atoms with Crippen LogP contribution in [0.5, 0.6) is 0 Å². The Morgan fingerprint density at radius 2 is 2.19 bits per heavy atom. The van der Waals surface area contributed by atoms with E-state index in [4.69, 9.17) is 9.47 Å². The van der Waals surface area contributed by atoms with Gasteiger partial charge in [-0.2, -0.15) is 0 Å². The third kappa shape index (κ3) is 5.23. The maximum Gasteiger partial charge on any atom is 0.254 e. The van der Waals surface area contributed by atoms with E-state index in [-0.39, 0.29) is 12.0 Å². The second-order valence-corrected chi connectivity index (χ2v) is 7.15. The summed E-state index contributed by atoms with van der Waals surface area (Å²) in [6.07, 6.45) is 4.44. The molecule has 0 spiro atoms. The van der Waals surface area contributed by atoms with Crippen molar-refractivity contribution >= 4 is 5.91 Å². The van der Waals surface area contributed by atoms with Crippen LogP contribution in [0.1, 0.15) is 24.8 Å². The highest BCUT2D eigenvalue weighted by molar-refractivity contribution is 5.81. The summed E-state index contributed by atoms with van der Waals surface area (Å²) in [4.78, 5) is 20.8. The molecular formula is C19H29N3O4. The molecule has 7 nitrogen and oxygen atoms in total. The topological polar surface area (TPSA) is 75.1 Å². The summed E-state index contributed by atoms with van der Waals surface area (Å²) >= 11 is 0. The van der Waals surface area contributed by atoms with Crippen molar-refractivity contribution < 1.29 is 19.4 Å². The molecule has 0 bridgehead atoms. The normalized spacial score (nSPS) is 26.9. The van der Waals surface area contributed by atoms with Crippen molar-refractivity contribution in [3.63, 3.8) is 0 Å². The highest BCUT2D eigenvalue weighted by Gasteiger charge is 2.37. The van der Waals surface area contributed by atoms with Crippen molar-refractivity contribution in [1.29, 1.82) is 0 Å². The summed E-state index contributed by atoms with van der Waals surface area (Å²) in [5.74, 6) is -0.103.